The van der Waals surface area contributed by atoms with Crippen LogP contribution >= 0.6 is 0 Å². The minimum Gasteiger partial charge on any atom is -0.296 e. The summed E-state index contributed by atoms with van der Waals surface area (Å²) in [6.07, 6.45) is 1.21. The van der Waals surface area contributed by atoms with Gasteiger partial charge in [-0.2, -0.15) is 0 Å². The van der Waals surface area contributed by atoms with Crippen molar-refractivity contribution in [2.75, 3.05) is 13.1 Å². The Morgan fingerprint density at radius 1 is 0.826 bits per heavy atom. The van der Waals surface area contributed by atoms with Crippen molar-refractivity contribution in [1.82, 2.24) is 9.80 Å². The maximum Gasteiger partial charge on any atom is 0.0240 e. The molecule has 0 saturated carbocycles. The van der Waals surface area contributed by atoms with E-state index in [4.69, 9.17) is 0 Å². The molecule has 2 atom stereocenters. The van der Waals surface area contributed by atoms with Crippen LogP contribution in [-0.2, 0) is 13.1 Å². The Bertz CT molecular complexity index is 581. The molecule has 0 N–H and O–H groups in total. The summed E-state index contributed by atoms with van der Waals surface area (Å²) < 4.78 is 0. The molecule has 1 saturated heterocycles. The largest absolute Gasteiger partial charge is 0.296 e. The molecule has 0 amide bonds. The highest BCUT2D eigenvalue weighted by atomic mass is 15.3. The smallest absolute Gasteiger partial charge is 0.0240 e. The predicted octanol–water partition coefficient (Wildman–Crippen LogP) is 4.17. The Labute approximate surface area is 140 Å². The molecule has 1 aliphatic rings. The van der Waals surface area contributed by atoms with Crippen LogP contribution in [0.25, 0.3) is 0 Å². The average Bonchev–Trinajstić information content (AvgIpc) is 2.59. The summed E-state index contributed by atoms with van der Waals surface area (Å²) in [5, 5.41) is 0. The molecule has 0 bridgehead atoms. The molecule has 1 aliphatic heterocycles. The Morgan fingerprint density at radius 2 is 1.39 bits per heavy atom. The second kappa shape index (κ2) is 7.76. The number of rotatable bonds is 5. The number of piperazine rings is 1. The maximum atomic E-state index is 2.69. The quantitative estimate of drug-likeness (QED) is 0.818. The third kappa shape index (κ3) is 4.21. The number of nitrogens with zero attached hydrogens (tertiary/aromatic N) is 2. The van der Waals surface area contributed by atoms with Gasteiger partial charge in [-0.05, 0) is 24.5 Å². The van der Waals surface area contributed by atoms with Crippen molar-refractivity contribution in [2.24, 2.45) is 0 Å². The number of hydrogen-bond acceptors (Lipinski definition) is 2. The Morgan fingerprint density at radius 3 is 1.96 bits per heavy atom. The Kier molecular flexibility index (Phi) is 5.47. The van der Waals surface area contributed by atoms with Crippen molar-refractivity contribution in [3.63, 3.8) is 0 Å². The topological polar surface area (TPSA) is 6.48 Å². The van der Waals surface area contributed by atoms with Gasteiger partial charge in [0, 0.05) is 38.3 Å². The van der Waals surface area contributed by atoms with Crippen molar-refractivity contribution in [1.29, 1.82) is 0 Å². The first-order valence-electron chi connectivity index (χ1n) is 8.82. The predicted molar refractivity (Wildman–Crippen MR) is 97.2 cm³/mol. The Balaban J connectivity index is 1.66. The fourth-order valence-electron chi connectivity index (χ4n) is 3.73. The zero-order chi connectivity index (χ0) is 16.1. The summed E-state index contributed by atoms with van der Waals surface area (Å²) in [5.74, 6) is 0. The van der Waals surface area contributed by atoms with Crippen LogP contribution in [0.4, 0.5) is 0 Å². The van der Waals surface area contributed by atoms with Crippen molar-refractivity contribution >= 4 is 0 Å². The highest BCUT2D eigenvalue weighted by molar-refractivity contribution is 5.16. The van der Waals surface area contributed by atoms with E-state index in [9.17, 15) is 0 Å². The second-order valence-corrected chi connectivity index (χ2v) is 6.75. The van der Waals surface area contributed by atoms with Crippen LogP contribution in [-0.4, -0.2) is 35.0 Å². The normalized spacial score (nSPS) is 23.0. The van der Waals surface area contributed by atoms with Gasteiger partial charge in [-0.15, -0.1) is 0 Å². The average molecular weight is 308 g/mol. The molecule has 2 aromatic rings. The molecule has 1 fully saturated rings. The summed E-state index contributed by atoms with van der Waals surface area (Å²) >= 11 is 0. The van der Waals surface area contributed by atoms with Gasteiger partial charge in [0.25, 0.3) is 0 Å². The summed E-state index contributed by atoms with van der Waals surface area (Å²) in [7, 11) is 0. The molecule has 2 nitrogen and oxygen atoms in total. The van der Waals surface area contributed by atoms with Gasteiger partial charge in [-0.1, -0.05) is 67.6 Å². The fraction of sp³-hybridized carbons (Fsp3) is 0.429. The van der Waals surface area contributed by atoms with Crippen molar-refractivity contribution in [3.05, 3.63) is 71.8 Å². The lowest BCUT2D eigenvalue weighted by molar-refractivity contribution is 0.0192. The summed E-state index contributed by atoms with van der Waals surface area (Å²) in [5.41, 5.74) is 2.85. The van der Waals surface area contributed by atoms with Crippen LogP contribution in [0.15, 0.2) is 60.7 Å². The van der Waals surface area contributed by atoms with Crippen molar-refractivity contribution in [2.45, 2.75) is 45.4 Å². The monoisotopic (exact) mass is 308 g/mol. The standard InChI is InChI=1S/C21H28N2/c1-3-21-17-22(15-19-10-6-4-7-11-19)14-18(2)23(21)16-20-12-8-5-9-13-20/h4-13,18,21H,3,14-17H2,1-2H3. The van der Waals surface area contributed by atoms with E-state index in [0.717, 1.165) is 19.6 Å². The van der Waals surface area contributed by atoms with E-state index in [1.54, 1.807) is 0 Å². The van der Waals surface area contributed by atoms with E-state index in [-0.39, 0.29) is 0 Å². The second-order valence-electron chi connectivity index (χ2n) is 6.75. The highest BCUT2D eigenvalue weighted by Gasteiger charge is 2.30. The first kappa shape index (κ1) is 16.2. The van der Waals surface area contributed by atoms with Crippen LogP contribution in [0.3, 0.4) is 0 Å². The summed E-state index contributed by atoms with van der Waals surface area (Å²) in [6, 6.07) is 23.0. The van der Waals surface area contributed by atoms with Gasteiger partial charge in [-0.3, -0.25) is 9.80 Å². The molecular weight excluding hydrogens is 280 g/mol. The van der Waals surface area contributed by atoms with Crippen LogP contribution in [0.5, 0.6) is 0 Å². The van der Waals surface area contributed by atoms with E-state index in [2.05, 4.69) is 84.3 Å². The van der Waals surface area contributed by atoms with Gasteiger partial charge >= 0.3 is 0 Å². The molecule has 23 heavy (non-hydrogen) atoms. The molecule has 122 valence electrons. The third-order valence-electron chi connectivity index (χ3n) is 4.95. The van der Waals surface area contributed by atoms with Gasteiger partial charge in [0.1, 0.15) is 0 Å². The van der Waals surface area contributed by atoms with E-state index in [1.165, 1.54) is 24.1 Å². The van der Waals surface area contributed by atoms with Crippen LogP contribution in [0, 0.1) is 0 Å². The SMILES string of the molecule is CCC1CN(Cc2ccccc2)CC(C)N1Cc1ccccc1. The first-order chi connectivity index (χ1) is 11.3. The van der Waals surface area contributed by atoms with Gasteiger partial charge < -0.3 is 0 Å². The van der Waals surface area contributed by atoms with E-state index in [1.807, 2.05) is 0 Å². The molecular formula is C21H28N2. The lowest BCUT2D eigenvalue weighted by Gasteiger charge is -2.45. The molecule has 1 heterocycles. The highest BCUT2D eigenvalue weighted by Crippen LogP contribution is 2.22. The van der Waals surface area contributed by atoms with Crippen LogP contribution < -0.4 is 0 Å². The molecule has 0 aliphatic carbocycles. The zero-order valence-electron chi connectivity index (χ0n) is 14.4. The molecule has 2 aromatic carbocycles. The summed E-state index contributed by atoms with van der Waals surface area (Å²) in [6.45, 7) is 9.16. The molecule has 0 spiro atoms. The van der Waals surface area contributed by atoms with Gasteiger partial charge in [0.2, 0.25) is 0 Å². The molecule has 2 heteroatoms. The lowest BCUT2D eigenvalue weighted by atomic mass is 10.0. The van der Waals surface area contributed by atoms with Crippen molar-refractivity contribution < 1.29 is 0 Å². The maximum absolute atomic E-state index is 2.69. The van der Waals surface area contributed by atoms with Crippen LogP contribution in [0.1, 0.15) is 31.4 Å². The van der Waals surface area contributed by atoms with Gasteiger partial charge in [-0.25, -0.2) is 0 Å². The van der Waals surface area contributed by atoms with Crippen LogP contribution in [0.2, 0.25) is 0 Å². The number of benzene rings is 2. The summed E-state index contributed by atoms with van der Waals surface area (Å²) in [4.78, 5) is 5.31. The molecule has 3 rings (SSSR count). The zero-order valence-corrected chi connectivity index (χ0v) is 14.4. The minimum atomic E-state index is 0.595. The fourth-order valence-corrected chi connectivity index (χ4v) is 3.73. The Hall–Kier alpha value is -1.64. The minimum absolute atomic E-state index is 0.595. The number of hydrogen-bond donors (Lipinski definition) is 0. The van der Waals surface area contributed by atoms with E-state index in [0.29, 0.717) is 12.1 Å². The van der Waals surface area contributed by atoms with E-state index >= 15 is 0 Å². The lowest BCUT2D eigenvalue weighted by Crippen LogP contribution is -2.56. The molecule has 0 radical (unpaired) electrons. The first-order valence-corrected chi connectivity index (χ1v) is 8.82. The van der Waals surface area contributed by atoms with Gasteiger partial charge in [0.15, 0.2) is 0 Å². The van der Waals surface area contributed by atoms with Crippen molar-refractivity contribution in [3.8, 4) is 0 Å². The molecule has 2 unspecified atom stereocenters. The molecule has 0 aromatic heterocycles. The third-order valence-corrected chi connectivity index (χ3v) is 4.95. The van der Waals surface area contributed by atoms with Gasteiger partial charge in [0.05, 0.1) is 0 Å². The van der Waals surface area contributed by atoms with E-state index < -0.39 is 0 Å².